The first-order valence-corrected chi connectivity index (χ1v) is 10.9. The van der Waals surface area contributed by atoms with E-state index in [9.17, 15) is 0 Å². The van der Waals surface area contributed by atoms with Crippen LogP contribution in [0.1, 0.15) is 30.9 Å². The van der Waals surface area contributed by atoms with Crippen LogP contribution in [0.2, 0.25) is 0 Å². The van der Waals surface area contributed by atoms with Crippen molar-refractivity contribution in [2.75, 3.05) is 0 Å². The molecule has 0 saturated carbocycles. The molecule has 0 aliphatic carbocycles. The molecular formula is C29H25N2O+. The third-order valence-electron chi connectivity index (χ3n) is 6.22. The lowest BCUT2D eigenvalue weighted by molar-refractivity contribution is -0.660. The Bertz CT molecular complexity index is 1520. The molecule has 0 spiro atoms. The van der Waals surface area contributed by atoms with Crippen molar-refractivity contribution in [2.45, 2.75) is 26.7 Å². The number of nitrogens with zero attached hydrogens (tertiary/aromatic N) is 2. The Morgan fingerprint density at radius 2 is 1.69 bits per heavy atom. The summed E-state index contributed by atoms with van der Waals surface area (Å²) in [6.07, 6.45) is 2.06. The zero-order valence-electron chi connectivity index (χ0n) is 18.8. The number of aromatic nitrogens is 1. The highest BCUT2D eigenvalue weighted by Crippen LogP contribution is 2.46. The van der Waals surface area contributed by atoms with E-state index in [0.717, 1.165) is 55.4 Å². The summed E-state index contributed by atoms with van der Waals surface area (Å²) in [6.45, 7) is 14.1. The van der Waals surface area contributed by atoms with E-state index in [0.29, 0.717) is 5.69 Å². The number of hydrogen-bond acceptors (Lipinski definition) is 1. The van der Waals surface area contributed by atoms with Crippen molar-refractivity contribution in [1.29, 1.82) is 0 Å². The first-order chi connectivity index (χ1) is 15.5. The molecule has 0 aliphatic heterocycles. The Kier molecular flexibility index (Phi) is 4.79. The van der Waals surface area contributed by atoms with Gasteiger partial charge in [0, 0.05) is 28.5 Å². The smallest absolute Gasteiger partial charge is 0.216 e. The molecule has 3 heteroatoms. The summed E-state index contributed by atoms with van der Waals surface area (Å²) >= 11 is 0. The summed E-state index contributed by atoms with van der Waals surface area (Å²) in [5, 5.41) is 2.17. The first kappa shape index (κ1) is 20.0. The van der Waals surface area contributed by atoms with Gasteiger partial charge in [0.15, 0.2) is 11.9 Å². The van der Waals surface area contributed by atoms with Crippen LogP contribution in [-0.2, 0) is 7.05 Å². The predicted molar refractivity (Wildman–Crippen MR) is 131 cm³/mol. The summed E-state index contributed by atoms with van der Waals surface area (Å²) in [6, 6.07) is 23.0. The zero-order valence-corrected chi connectivity index (χ0v) is 18.8. The van der Waals surface area contributed by atoms with Crippen LogP contribution in [0.15, 0.2) is 77.3 Å². The standard InChI is InChI=1S/C29H25N2O/c1-18(2)25-23(30-4)15-14-21-27-22(20-11-7-6-8-12-20)17-19(3)26(29(27)32-28(21)25)24-13-9-10-16-31(24)5/h6-18H,1-3,5H3/q+1. The highest BCUT2D eigenvalue weighted by atomic mass is 16.3. The van der Waals surface area contributed by atoms with Crippen molar-refractivity contribution in [3.05, 3.63) is 95.5 Å². The molecule has 3 aromatic carbocycles. The van der Waals surface area contributed by atoms with Crippen molar-refractivity contribution >= 4 is 27.6 Å². The van der Waals surface area contributed by atoms with E-state index in [-0.39, 0.29) is 5.92 Å². The molecule has 0 radical (unpaired) electrons. The van der Waals surface area contributed by atoms with Crippen LogP contribution >= 0.6 is 0 Å². The lowest BCUT2D eigenvalue weighted by atomic mass is 9.91. The van der Waals surface area contributed by atoms with Crippen molar-refractivity contribution in [2.24, 2.45) is 7.05 Å². The van der Waals surface area contributed by atoms with E-state index in [1.54, 1.807) is 0 Å². The van der Waals surface area contributed by atoms with Gasteiger partial charge < -0.3 is 4.42 Å². The molecule has 0 saturated heterocycles. The molecule has 0 amide bonds. The molecule has 0 N–H and O–H groups in total. The largest absolute Gasteiger partial charge is 0.456 e. The Labute approximate surface area is 188 Å². The molecule has 2 aromatic heterocycles. The minimum absolute atomic E-state index is 0.181. The van der Waals surface area contributed by atoms with Crippen LogP contribution in [0.4, 0.5) is 5.69 Å². The third-order valence-corrected chi connectivity index (χ3v) is 6.22. The fourth-order valence-electron chi connectivity index (χ4n) is 4.76. The van der Waals surface area contributed by atoms with Gasteiger partial charge in [-0.2, -0.15) is 0 Å². The second-order valence-corrected chi connectivity index (χ2v) is 8.63. The number of fused-ring (bicyclic) bond motifs is 3. The normalized spacial score (nSPS) is 11.4. The highest BCUT2D eigenvalue weighted by Gasteiger charge is 2.25. The van der Waals surface area contributed by atoms with E-state index in [1.165, 1.54) is 0 Å². The maximum atomic E-state index is 7.68. The highest BCUT2D eigenvalue weighted by molar-refractivity contribution is 6.17. The summed E-state index contributed by atoms with van der Waals surface area (Å²) in [5.41, 5.74) is 9.02. The lowest BCUT2D eigenvalue weighted by Gasteiger charge is -2.10. The monoisotopic (exact) mass is 417 g/mol. The second-order valence-electron chi connectivity index (χ2n) is 8.63. The van der Waals surface area contributed by atoms with Gasteiger partial charge in [0.1, 0.15) is 18.2 Å². The van der Waals surface area contributed by atoms with Gasteiger partial charge >= 0.3 is 0 Å². The van der Waals surface area contributed by atoms with Gasteiger partial charge in [0.2, 0.25) is 5.69 Å². The molecule has 0 unspecified atom stereocenters. The van der Waals surface area contributed by atoms with Crippen molar-refractivity contribution in [1.82, 2.24) is 0 Å². The van der Waals surface area contributed by atoms with E-state index in [2.05, 4.69) is 92.0 Å². The summed E-state index contributed by atoms with van der Waals surface area (Å²) < 4.78 is 8.84. The lowest BCUT2D eigenvalue weighted by Crippen LogP contribution is -2.30. The fourth-order valence-corrected chi connectivity index (χ4v) is 4.76. The molecule has 0 aliphatic rings. The Hall–Kier alpha value is -3.90. The molecule has 2 heterocycles. The van der Waals surface area contributed by atoms with E-state index in [1.807, 2.05) is 18.2 Å². The number of furan rings is 1. The van der Waals surface area contributed by atoms with Crippen LogP contribution in [-0.4, -0.2) is 0 Å². The molecule has 5 aromatic rings. The Morgan fingerprint density at radius 1 is 0.938 bits per heavy atom. The average molecular weight is 418 g/mol. The van der Waals surface area contributed by atoms with Gasteiger partial charge in [0.05, 0.1) is 12.1 Å². The molecule has 3 nitrogen and oxygen atoms in total. The van der Waals surface area contributed by atoms with Gasteiger partial charge in [-0.05, 0) is 41.7 Å². The predicted octanol–water partition coefficient (Wildman–Crippen LogP) is 7.73. The maximum Gasteiger partial charge on any atom is 0.216 e. The third kappa shape index (κ3) is 2.99. The van der Waals surface area contributed by atoms with Crippen molar-refractivity contribution < 1.29 is 8.98 Å². The van der Waals surface area contributed by atoms with Crippen molar-refractivity contribution in [3.63, 3.8) is 0 Å². The molecule has 156 valence electrons. The van der Waals surface area contributed by atoms with E-state index < -0.39 is 0 Å². The Balaban J connectivity index is 2.02. The molecule has 0 bridgehead atoms. The zero-order chi connectivity index (χ0) is 22.4. The van der Waals surface area contributed by atoms with Gasteiger partial charge in [-0.15, -0.1) is 0 Å². The SMILES string of the molecule is [C-]#[N+]c1ccc2c(oc3c(-c4cccc[n+]4C)c(C)cc(-c4ccccc4)c32)c1C(C)C. The van der Waals surface area contributed by atoms with Gasteiger partial charge in [-0.25, -0.2) is 9.41 Å². The Morgan fingerprint density at radius 3 is 2.38 bits per heavy atom. The van der Waals surface area contributed by atoms with Gasteiger partial charge in [0.25, 0.3) is 0 Å². The molecule has 5 rings (SSSR count). The minimum atomic E-state index is 0.181. The van der Waals surface area contributed by atoms with Crippen LogP contribution in [0.3, 0.4) is 0 Å². The molecule has 0 atom stereocenters. The number of benzene rings is 3. The average Bonchev–Trinajstić information content (AvgIpc) is 3.18. The topological polar surface area (TPSA) is 21.4 Å². The molecule has 0 fully saturated rings. The van der Waals surface area contributed by atoms with Crippen molar-refractivity contribution in [3.8, 4) is 22.4 Å². The summed E-state index contributed by atoms with van der Waals surface area (Å²) in [7, 11) is 2.06. The summed E-state index contributed by atoms with van der Waals surface area (Å²) in [5.74, 6) is 0.181. The quantitative estimate of drug-likeness (QED) is 0.217. The molecule has 32 heavy (non-hydrogen) atoms. The van der Waals surface area contributed by atoms with E-state index >= 15 is 0 Å². The number of pyridine rings is 1. The number of hydrogen-bond donors (Lipinski definition) is 0. The number of aryl methyl sites for hydroxylation is 2. The second kappa shape index (κ2) is 7.66. The minimum Gasteiger partial charge on any atom is -0.456 e. The number of rotatable bonds is 3. The van der Waals surface area contributed by atoms with Gasteiger partial charge in [-0.1, -0.05) is 56.3 Å². The van der Waals surface area contributed by atoms with E-state index in [4.69, 9.17) is 11.0 Å². The summed E-state index contributed by atoms with van der Waals surface area (Å²) in [4.78, 5) is 3.79. The van der Waals surface area contributed by atoms with Gasteiger partial charge in [-0.3, -0.25) is 0 Å². The van der Waals surface area contributed by atoms with Crippen LogP contribution in [0.5, 0.6) is 0 Å². The maximum absolute atomic E-state index is 7.68. The fraction of sp³-hybridized carbons (Fsp3) is 0.172. The van der Waals surface area contributed by atoms with Crippen LogP contribution < -0.4 is 4.57 Å². The first-order valence-electron chi connectivity index (χ1n) is 10.9. The molecular weight excluding hydrogens is 392 g/mol. The van der Waals surface area contributed by atoms with Crippen LogP contribution in [0, 0.1) is 13.5 Å². The van der Waals surface area contributed by atoms with Crippen LogP contribution in [0.25, 0.3) is 49.2 Å².